The Balaban J connectivity index is 1.57. The highest BCUT2D eigenvalue weighted by atomic mass is 16.5. The smallest absolute Gasteiger partial charge is 0.254 e. The number of pyridine rings is 1. The van der Waals surface area contributed by atoms with Crippen LogP contribution >= 0.6 is 0 Å². The minimum atomic E-state index is 0.0505. The van der Waals surface area contributed by atoms with Crippen LogP contribution in [0.1, 0.15) is 22.3 Å². The van der Waals surface area contributed by atoms with Gasteiger partial charge >= 0.3 is 0 Å². The van der Waals surface area contributed by atoms with E-state index < -0.39 is 0 Å². The Labute approximate surface area is 148 Å². The van der Waals surface area contributed by atoms with E-state index in [-0.39, 0.29) is 5.91 Å². The van der Waals surface area contributed by atoms with Gasteiger partial charge in [-0.15, -0.1) is 0 Å². The zero-order chi connectivity index (χ0) is 17.5. The Kier molecular flexibility index (Phi) is 6.01. The largest absolute Gasteiger partial charge is 0.475 e. The Bertz CT molecular complexity index is 690. The van der Waals surface area contributed by atoms with Gasteiger partial charge in [-0.1, -0.05) is 30.3 Å². The predicted octanol–water partition coefficient (Wildman–Crippen LogP) is 2.81. The average Bonchev–Trinajstić information content (AvgIpc) is 3.11. The third-order valence-electron chi connectivity index (χ3n) is 4.46. The first kappa shape index (κ1) is 17.4. The molecule has 1 aliphatic rings. The number of aromatic nitrogens is 1. The van der Waals surface area contributed by atoms with Gasteiger partial charge in [-0.2, -0.15) is 0 Å². The Morgan fingerprint density at radius 3 is 2.88 bits per heavy atom. The zero-order valence-electron chi connectivity index (χ0n) is 14.6. The minimum absolute atomic E-state index is 0.0505. The van der Waals surface area contributed by atoms with Crippen LogP contribution in [0.15, 0.2) is 48.7 Å². The Morgan fingerprint density at radius 2 is 2.08 bits per heavy atom. The fourth-order valence-corrected chi connectivity index (χ4v) is 3.16. The molecule has 0 bridgehead atoms. The van der Waals surface area contributed by atoms with Crippen molar-refractivity contribution in [1.29, 1.82) is 0 Å². The van der Waals surface area contributed by atoms with Gasteiger partial charge in [0.05, 0.1) is 6.61 Å². The number of rotatable bonds is 7. The zero-order valence-corrected chi connectivity index (χ0v) is 14.6. The van der Waals surface area contributed by atoms with Gasteiger partial charge in [0.1, 0.15) is 6.61 Å². The minimum Gasteiger partial charge on any atom is -0.475 e. The number of carbonyl (C=O) groups is 1. The van der Waals surface area contributed by atoms with E-state index in [2.05, 4.69) is 29.2 Å². The Morgan fingerprint density at radius 1 is 1.24 bits per heavy atom. The molecule has 2 aromatic rings. The summed E-state index contributed by atoms with van der Waals surface area (Å²) in [6, 6.07) is 13.9. The van der Waals surface area contributed by atoms with E-state index in [4.69, 9.17) is 9.47 Å². The van der Waals surface area contributed by atoms with Gasteiger partial charge in [-0.25, -0.2) is 4.98 Å². The maximum absolute atomic E-state index is 12.7. The van der Waals surface area contributed by atoms with Crippen LogP contribution < -0.4 is 4.74 Å². The topological polar surface area (TPSA) is 51.7 Å². The molecule has 0 N–H and O–H groups in total. The van der Waals surface area contributed by atoms with Crippen molar-refractivity contribution in [1.82, 2.24) is 9.88 Å². The molecule has 1 aromatic heterocycles. The van der Waals surface area contributed by atoms with Crippen LogP contribution in [-0.4, -0.2) is 49.2 Å². The first-order valence-electron chi connectivity index (χ1n) is 8.67. The molecule has 0 radical (unpaired) electrons. The van der Waals surface area contributed by atoms with Crippen LogP contribution in [-0.2, 0) is 11.2 Å². The summed E-state index contributed by atoms with van der Waals surface area (Å²) >= 11 is 0. The molecule has 1 aliphatic heterocycles. The number of likely N-dealkylation sites (tertiary alicyclic amines) is 1. The van der Waals surface area contributed by atoms with E-state index in [0.29, 0.717) is 30.6 Å². The van der Waals surface area contributed by atoms with Crippen LogP contribution in [0, 0.1) is 5.92 Å². The lowest BCUT2D eigenvalue weighted by molar-refractivity contribution is 0.0786. The lowest BCUT2D eigenvalue weighted by Gasteiger charge is -2.17. The van der Waals surface area contributed by atoms with E-state index >= 15 is 0 Å². The number of amides is 1. The van der Waals surface area contributed by atoms with Crippen LogP contribution in [0.4, 0.5) is 0 Å². The molecule has 1 aromatic carbocycles. The molecule has 1 fully saturated rings. The number of hydrogen-bond donors (Lipinski definition) is 0. The second kappa shape index (κ2) is 8.62. The van der Waals surface area contributed by atoms with Crippen molar-refractivity contribution in [3.8, 4) is 5.88 Å². The normalized spacial score (nSPS) is 16.8. The molecule has 3 rings (SSSR count). The van der Waals surface area contributed by atoms with Gasteiger partial charge in [-0.05, 0) is 30.4 Å². The molecule has 1 atom stereocenters. The molecule has 0 unspecified atom stereocenters. The summed E-state index contributed by atoms with van der Waals surface area (Å²) in [4.78, 5) is 18.8. The molecule has 0 saturated carbocycles. The third-order valence-corrected chi connectivity index (χ3v) is 4.46. The second-order valence-corrected chi connectivity index (χ2v) is 6.32. The van der Waals surface area contributed by atoms with Gasteiger partial charge in [-0.3, -0.25) is 4.79 Å². The Hall–Kier alpha value is -2.40. The van der Waals surface area contributed by atoms with E-state index in [1.54, 1.807) is 25.4 Å². The maximum Gasteiger partial charge on any atom is 0.254 e. The predicted molar refractivity (Wildman–Crippen MR) is 95.8 cm³/mol. The number of ether oxygens (including phenoxy) is 2. The molecular formula is C20H24N2O3. The molecular weight excluding hydrogens is 316 g/mol. The van der Waals surface area contributed by atoms with Gasteiger partial charge in [0.25, 0.3) is 5.91 Å². The van der Waals surface area contributed by atoms with Crippen LogP contribution in [0.2, 0.25) is 0 Å². The molecule has 1 saturated heterocycles. The van der Waals surface area contributed by atoms with E-state index in [9.17, 15) is 4.79 Å². The molecule has 132 valence electrons. The number of carbonyl (C=O) groups excluding carboxylic acids is 1. The summed E-state index contributed by atoms with van der Waals surface area (Å²) in [5.74, 6) is 1.03. The van der Waals surface area contributed by atoms with Crippen molar-refractivity contribution in [3.05, 3.63) is 59.8 Å². The highest BCUT2D eigenvalue weighted by molar-refractivity contribution is 5.94. The number of benzene rings is 1. The first-order chi connectivity index (χ1) is 12.3. The van der Waals surface area contributed by atoms with Crippen molar-refractivity contribution >= 4 is 5.91 Å². The molecule has 0 spiro atoms. The number of methoxy groups -OCH3 is 1. The fraction of sp³-hybridized carbons (Fsp3) is 0.400. The summed E-state index contributed by atoms with van der Waals surface area (Å²) in [5.41, 5.74) is 1.96. The van der Waals surface area contributed by atoms with Crippen molar-refractivity contribution in [2.75, 3.05) is 33.4 Å². The maximum atomic E-state index is 12.7. The summed E-state index contributed by atoms with van der Waals surface area (Å²) in [7, 11) is 1.62. The van der Waals surface area contributed by atoms with E-state index in [0.717, 1.165) is 25.9 Å². The van der Waals surface area contributed by atoms with Crippen molar-refractivity contribution < 1.29 is 14.3 Å². The summed E-state index contributed by atoms with van der Waals surface area (Å²) < 4.78 is 10.4. The molecule has 0 aliphatic carbocycles. The van der Waals surface area contributed by atoms with Crippen LogP contribution in [0.25, 0.3) is 0 Å². The van der Waals surface area contributed by atoms with E-state index in [1.807, 2.05) is 11.0 Å². The second-order valence-electron chi connectivity index (χ2n) is 6.32. The van der Waals surface area contributed by atoms with Crippen LogP contribution in [0.5, 0.6) is 5.88 Å². The number of hydrogen-bond acceptors (Lipinski definition) is 4. The lowest BCUT2D eigenvalue weighted by atomic mass is 9.99. The summed E-state index contributed by atoms with van der Waals surface area (Å²) in [6.07, 6.45) is 3.68. The van der Waals surface area contributed by atoms with Crippen molar-refractivity contribution in [2.45, 2.75) is 12.8 Å². The highest BCUT2D eigenvalue weighted by Crippen LogP contribution is 2.23. The first-order valence-corrected chi connectivity index (χ1v) is 8.67. The lowest BCUT2D eigenvalue weighted by Crippen LogP contribution is -2.29. The van der Waals surface area contributed by atoms with Gasteiger partial charge < -0.3 is 14.4 Å². The molecule has 1 amide bonds. The van der Waals surface area contributed by atoms with Crippen molar-refractivity contribution in [3.63, 3.8) is 0 Å². The molecule has 2 heterocycles. The SMILES string of the molecule is COCCOc1cc(C(=O)N2CC[C@@H](Cc3ccccc3)C2)ccn1. The third kappa shape index (κ3) is 4.79. The van der Waals surface area contributed by atoms with Crippen LogP contribution in [0.3, 0.4) is 0 Å². The number of nitrogens with zero attached hydrogens (tertiary/aromatic N) is 2. The molecule has 25 heavy (non-hydrogen) atoms. The summed E-state index contributed by atoms with van der Waals surface area (Å²) in [5, 5.41) is 0. The molecule has 5 nitrogen and oxygen atoms in total. The standard InChI is InChI=1S/C20H24N2O3/c1-24-11-12-25-19-14-18(7-9-21-19)20(23)22-10-8-17(15-22)13-16-5-3-2-4-6-16/h2-7,9,14,17H,8,10-13,15H2,1H3/t17-/m0/s1. The van der Waals surface area contributed by atoms with Gasteiger partial charge in [0.2, 0.25) is 5.88 Å². The monoisotopic (exact) mass is 340 g/mol. The van der Waals surface area contributed by atoms with E-state index in [1.165, 1.54) is 5.56 Å². The highest BCUT2D eigenvalue weighted by Gasteiger charge is 2.27. The quantitative estimate of drug-likeness (QED) is 0.727. The summed E-state index contributed by atoms with van der Waals surface area (Å²) in [6.45, 7) is 2.52. The fourth-order valence-electron chi connectivity index (χ4n) is 3.16. The van der Waals surface area contributed by atoms with Gasteiger partial charge in [0, 0.05) is 38.0 Å². The van der Waals surface area contributed by atoms with Crippen molar-refractivity contribution in [2.24, 2.45) is 5.92 Å². The van der Waals surface area contributed by atoms with Gasteiger partial charge in [0.15, 0.2) is 0 Å². The average molecular weight is 340 g/mol. The molecule has 5 heteroatoms.